The minimum atomic E-state index is -3.76. The molecule has 0 fully saturated rings. The molecule has 1 aromatic carbocycles. The van der Waals surface area contributed by atoms with E-state index < -0.39 is 28.0 Å². The number of aryl methyl sites for hydroxylation is 1. The van der Waals surface area contributed by atoms with Gasteiger partial charge in [0.05, 0.1) is 16.9 Å². The van der Waals surface area contributed by atoms with E-state index in [-0.39, 0.29) is 11.4 Å². The summed E-state index contributed by atoms with van der Waals surface area (Å²) in [6.45, 7) is 2.56. The molecular weight excluding hydrogens is 270 g/mol. The summed E-state index contributed by atoms with van der Waals surface area (Å²) in [6, 6.07) is 6.42. The molecule has 1 aromatic rings. The van der Waals surface area contributed by atoms with E-state index in [0.29, 0.717) is 5.56 Å². The summed E-state index contributed by atoms with van der Waals surface area (Å²) in [5, 5.41) is 18.4. The molecule has 1 rings (SSSR count). The summed E-state index contributed by atoms with van der Waals surface area (Å²) in [5.41, 5.74) is -1.06. The van der Waals surface area contributed by atoms with Crippen LogP contribution >= 0.6 is 0 Å². The molecule has 0 radical (unpaired) electrons. The average Bonchev–Trinajstić information content (AvgIpc) is 2.25. The minimum Gasteiger partial charge on any atom is -0.481 e. The van der Waals surface area contributed by atoms with Gasteiger partial charge in [-0.2, -0.15) is 0 Å². The highest BCUT2D eigenvalue weighted by Crippen LogP contribution is 2.15. The van der Waals surface area contributed by atoms with Gasteiger partial charge in [-0.3, -0.25) is 4.79 Å². The van der Waals surface area contributed by atoms with Crippen LogP contribution in [0.3, 0.4) is 0 Å². The third-order valence-electron chi connectivity index (χ3n) is 2.56. The molecule has 0 spiro atoms. The van der Waals surface area contributed by atoms with Gasteiger partial charge in [-0.15, -0.1) is 0 Å². The number of aliphatic hydroxyl groups is 1. The van der Waals surface area contributed by atoms with Crippen LogP contribution in [-0.2, 0) is 14.8 Å². The molecule has 0 amide bonds. The normalized spacial score (nSPS) is 14.9. The number of nitrogens with one attached hydrogen (secondary N) is 1. The van der Waals surface area contributed by atoms with Gasteiger partial charge in [-0.1, -0.05) is 18.2 Å². The molecule has 0 bridgehead atoms. The van der Waals surface area contributed by atoms with Crippen molar-refractivity contribution in [3.05, 3.63) is 29.8 Å². The van der Waals surface area contributed by atoms with Crippen LogP contribution in [0, 0.1) is 6.92 Å². The molecule has 7 heteroatoms. The zero-order valence-corrected chi connectivity index (χ0v) is 11.6. The maximum absolute atomic E-state index is 12.0. The third kappa shape index (κ3) is 4.62. The van der Waals surface area contributed by atoms with E-state index in [9.17, 15) is 18.3 Å². The Bertz CT molecular complexity index is 565. The Morgan fingerprint density at radius 3 is 2.47 bits per heavy atom. The summed E-state index contributed by atoms with van der Waals surface area (Å²) in [6.07, 6.45) is -0.538. The molecule has 0 heterocycles. The summed E-state index contributed by atoms with van der Waals surface area (Å²) < 4.78 is 26.3. The van der Waals surface area contributed by atoms with Crippen molar-refractivity contribution in [3.8, 4) is 0 Å². The second-order valence-corrected chi connectivity index (χ2v) is 6.39. The lowest BCUT2D eigenvalue weighted by Gasteiger charge is -2.21. The number of rotatable bonds is 6. The van der Waals surface area contributed by atoms with Gasteiger partial charge in [0.2, 0.25) is 10.0 Å². The number of carbonyl (C=O) groups is 1. The molecule has 0 aliphatic rings. The van der Waals surface area contributed by atoms with Gasteiger partial charge in [-0.25, -0.2) is 13.1 Å². The maximum Gasteiger partial charge on any atom is 0.306 e. The Balaban J connectivity index is 2.82. The Hall–Kier alpha value is -1.44. The fourth-order valence-electron chi connectivity index (χ4n) is 1.57. The fraction of sp³-hybridized carbons (Fsp3) is 0.417. The highest BCUT2D eigenvalue weighted by Gasteiger charge is 2.27. The van der Waals surface area contributed by atoms with Crippen molar-refractivity contribution in [2.45, 2.75) is 30.8 Å². The van der Waals surface area contributed by atoms with Crippen molar-refractivity contribution in [2.75, 3.05) is 6.54 Å². The number of aliphatic carboxylic acids is 1. The van der Waals surface area contributed by atoms with Crippen molar-refractivity contribution in [1.82, 2.24) is 4.72 Å². The first kappa shape index (κ1) is 15.6. The van der Waals surface area contributed by atoms with E-state index in [2.05, 4.69) is 4.72 Å². The molecule has 0 aliphatic carbocycles. The first-order valence-corrected chi connectivity index (χ1v) is 7.12. The van der Waals surface area contributed by atoms with Gasteiger partial charge in [0.25, 0.3) is 0 Å². The Kier molecular flexibility index (Phi) is 4.67. The van der Waals surface area contributed by atoms with Crippen LogP contribution in [0.2, 0.25) is 0 Å². The van der Waals surface area contributed by atoms with Crippen molar-refractivity contribution in [1.29, 1.82) is 0 Å². The Morgan fingerprint density at radius 1 is 1.37 bits per heavy atom. The van der Waals surface area contributed by atoms with Crippen LogP contribution in [0.5, 0.6) is 0 Å². The summed E-state index contributed by atoms with van der Waals surface area (Å²) in [5.74, 6) is -1.19. The van der Waals surface area contributed by atoms with Crippen molar-refractivity contribution in [2.24, 2.45) is 0 Å². The van der Waals surface area contributed by atoms with Crippen molar-refractivity contribution in [3.63, 3.8) is 0 Å². The van der Waals surface area contributed by atoms with E-state index in [1.165, 1.54) is 13.0 Å². The fourth-order valence-corrected chi connectivity index (χ4v) is 2.98. The quantitative estimate of drug-likeness (QED) is 0.707. The second-order valence-electron chi connectivity index (χ2n) is 4.66. The molecule has 6 nitrogen and oxygen atoms in total. The van der Waals surface area contributed by atoms with Gasteiger partial charge >= 0.3 is 5.97 Å². The topological polar surface area (TPSA) is 104 Å². The number of sulfonamides is 1. The molecule has 3 N–H and O–H groups in total. The number of carboxylic acid groups (broad SMARTS) is 1. The second kappa shape index (κ2) is 5.68. The molecule has 19 heavy (non-hydrogen) atoms. The molecule has 1 unspecified atom stereocenters. The Morgan fingerprint density at radius 2 is 1.95 bits per heavy atom. The third-order valence-corrected chi connectivity index (χ3v) is 4.12. The smallest absolute Gasteiger partial charge is 0.306 e. The van der Waals surface area contributed by atoms with Gasteiger partial charge in [-0.05, 0) is 25.5 Å². The molecule has 0 aromatic heterocycles. The van der Waals surface area contributed by atoms with Crippen molar-refractivity contribution < 1.29 is 23.4 Å². The van der Waals surface area contributed by atoms with E-state index in [4.69, 9.17) is 5.11 Å². The van der Waals surface area contributed by atoms with Crippen LogP contribution in [0.1, 0.15) is 18.9 Å². The van der Waals surface area contributed by atoms with Crippen LogP contribution in [0.4, 0.5) is 0 Å². The lowest BCUT2D eigenvalue weighted by Crippen LogP contribution is -2.42. The average molecular weight is 287 g/mol. The number of hydrogen-bond donors (Lipinski definition) is 3. The van der Waals surface area contributed by atoms with Gasteiger partial charge < -0.3 is 10.2 Å². The number of hydrogen-bond acceptors (Lipinski definition) is 4. The van der Waals surface area contributed by atoms with Crippen LogP contribution in [0.25, 0.3) is 0 Å². The zero-order valence-electron chi connectivity index (χ0n) is 10.8. The maximum atomic E-state index is 12.0. The highest BCUT2D eigenvalue weighted by molar-refractivity contribution is 7.89. The van der Waals surface area contributed by atoms with E-state index in [0.717, 1.165) is 0 Å². The molecule has 0 aliphatic heterocycles. The van der Waals surface area contributed by atoms with Crippen LogP contribution < -0.4 is 4.72 Å². The highest BCUT2D eigenvalue weighted by atomic mass is 32.2. The molecule has 106 valence electrons. The number of benzene rings is 1. The van der Waals surface area contributed by atoms with E-state index >= 15 is 0 Å². The first-order valence-electron chi connectivity index (χ1n) is 5.63. The SMILES string of the molecule is Cc1ccccc1S(=O)(=O)NCC(C)(O)CC(=O)O. The first-order chi connectivity index (χ1) is 8.64. The monoisotopic (exact) mass is 287 g/mol. The van der Waals surface area contributed by atoms with Crippen LogP contribution in [-0.4, -0.2) is 36.7 Å². The van der Waals surface area contributed by atoms with E-state index in [1.807, 2.05) is 0 Å². The molecule has 0 saturated heterocycles. The van der Waals surface area contributed by atoms with E-state index in [1.54, 1.807) is 25.1 Å². The lowest BCUT2D eigenvalue weighted by atomic mass is 10.0. The minimum absolute atomic E-state index is 0.112. The molecule has 1 atom stereocenters. The predicted octanol–water partition coefficient (Wildman–Crippen LogP) is 0.499. The van der Waals surface area contributed by atoms with Crippen molar-refractivity contribution >= 4 is 16.0 Å². The van der Waals surface area contributed by atoms with Gasteiger partial charge in [0, 0.05) is 6.54 Å². The summed E-state index contributed by atoms with van der Waals surface area (Å²) >= 11 is 0. The van der Waals surface area contributed by atoms with Crippen LogP contribution in [0.15, 0.2) is 29.2 Å². The predicted molar refractivity (Wildman–Crippen MR) is 69.2 cm³/mol. The molecule has 0 saturated carbocycles. The van der Waals surface area contributed by atoms with Gasteiger partial charge in [0.1, 0.15) is 0 Å². The van der Waals surface area contributed by atoms with Gasteiger partial charge in [0.15, 0.2) is 0 Å². The summed E-state index contributed by atoms with van der Waals surface area (Å²) in [4.78, 5) is 10.6. The zero-order chi connectivity index (χ0) is 14.7. The summed E-state index contributed by atoms with van der Waals surface area (Å²) in [7, 11) is -3.76. The number of carboxylic acids is 1. The Labute approximate surface area is 112 Å². The largest absolute Gasteiger partial charge is 0.481 e. The molecular formula is C12H17NO5S. The lowest BCUT2D eigenvalue weighted by molar-refractivity contribution is -0.141. The standard InChI is InChI=1S/C12H17NO5S/c1-9-5-3-4-6-10(9)19(17,18)13-8-12(2,16)7-11(14)15/h3-6,13,16H,7-8H2,1-2H3,(H,14,15).